The molecule has 1 amide bonds. The zero-order chi connectivity index (χ0) is 14.9. The molecule has 1 aliphatic carbocycles. The van der Waals surface area contributed by atoms with E-state index in [1.54, 1.807) is 0 Å². The van der Waals surface area contributed by atoms with Crippen LogP contribution in [0.2, 0.25) is 0 Å². The van der Waals surface area contributed by atoms with Gasteiger partial charge in [-0.25, -0.2) is 13.2 Å². The SMILES string of the molecule is O=C(O)[C@H]1CCC[C@H]1C(=O)Nc1cc(F)c(F)cc1F. The fourth-order valence-electron chi connectivity index (χ4n) is 2.41. The van der Waals surface area contributed by atoms with E-state index in [4.69, 9.17) is 5.11 Å². The summed E-state index contributed by atoms with van der Waals surface area (Å²) in [6.45, 7) is 0. The molecular formula is C13H12F3NO3. The highest BCUT2D eigenvalue weighted by molar-refractivity contribution is 5.95. The second kappa shape index (κ2) is 5.52. The van der Waals surface area contributed by atoms with Crippen LogP contribution < -0.4 is 5.32 Å². The number of benzene rings is 1. The lowest BCUT2D eigenvalue weighted by molar-refractivity contribution is -0.145. The topological polar surface area (TPSA) is 66.4 Å². The standard InChI is InChI=1S/C13H12F3NO3/c14-8-4-10(16)11(5-9(8)15)17-12(18)6-2-1-3-7(6)13(19)20/h4-7H,1-3H2,(H,17,18)(H,19,20)/t6-,7+/m1/s1. The summed E-state index contributed by atoms with van der Waals surface area (Å²) in [5, 5.41) is 11.1. The molecule has 2 atom stereocenters. The Labute approximate surface area is 112 Å². The molecular weight excluding hydrogens is 275 g/mol. The van der Waals surface area contributed by atoms with Crippen LogP contribution in [0.4, 0.5) is 18.9 Å². The van der Waals surface area contributed by atoms with Gasteiger partial charge in [0.05, 0.1) is 17.5 Å². The Morgan fingerprint density at radius 2 is 1.65 bits per heavy atom. The van der Waals surface area contributed by atoms with Gasteiger partial charge in [-0.1, -0.05) is 6.42 Å². The monoisotopic (exact) mass is 287 g/mol. The molecule has 4 nitrogen and oxygen atoms in total. The number of nitrogens with one attached hydrogen (secondary N) is 1. The Bertz CT molecular complexity index is 562. The number of rotatable bonds is 3. The van der Waals surface area contributed by atoms with E-state index in [0.29, 0.717) is 31.4 Å². The molecule has 1 aromatic rings. The van der Waals surface area contributed by atoms with E-state index >= 15 is 0 Å². The third kappa shape index (κ3) is 2.76. The van der Waals surface area contributed by atoms with Gasteiger partial charge in [-0.15, -0.1) is 0 Å². The van der Waals surface area contributed by atoms with Crippen LogP contribution >= 0.6 is 0 Å². The Balaban J connectivity index is 2.16. The molecule has 20 heavy (non-hydrogen) atoms. The van der Waals surface area contributed by atoms with Crippen LogP contribution in [-0.4, -0.2) is 17.0 Å². The average Bonchev–Trinajstić information content (AvgIpc) is 2.85. The van der Waals surface area contributed by atoms with Crippen LogP contribution in [0, 0.1) is 29.3 Å². The number of anilines is 1. The first-order valence-corrected chi connectivity index (χ1v) is 6.08. The zero-order valence-electron chi connectivity index (χ0n) is 10.3. The van der Waals surface area contributed by atoms with Crippen LogP contribution in [0.1, 0.15) is 19.3 Å². The second-order valence-corrected chi connectivity index (χ2v) is 4.72. The average molecular weight is 287 g/mol. The highest BCUT2D eigenvalue weighted by atomic mass is 19.2. The second-order valence-electron chi connectivity index (χ2n) is 4.72. The van der Waals surface area contributed by atoms with Gasteiger partial charge in [-0.2, -0.15) is 0 Å². The smallest absolute Gasteiger partial charge is 0.307 e. The molecule has 1 fully saturated rings. The fraction of sp³-hybridized carbons (Fsp3) is 0.385. The Morgan fingerprint density at radius 3 is 2.30 bits per heavy atom. The van der Waals surface area contributed by atoms with Crippen molar-refractivity contribution in [2.24, 2.45) is 11.8 Å². The van der Waals surface area contributed by atoms with Gasteiger partial charge < -0.3 is 10.4 Å². The summed E-state index contributed by atoms with van der Waals surface area (Å²) in [5.74, 6) is -7.16. The number of carbonyl (C=O) groups excluding carboxylic acids is 1. The Hall–Kier alpha value is -2.05. The van der Waals surface area contributed by atoms with Crippen molar-refractivity contribution in [3.8, 4) is 0 Å². The van der Waals surface area contributed by atoms with Crippen molar-refractivity contribution in [2.45, 2.75) is 19.3 Å². The summed E-state index contributed by atoms with van der Waals surface area (Å²) in [6, 6.07) is 0.863. The van der Waals surface area contributed by atoms with E-state index in [9.17, 15) is 22.8 Å². The molecule has 0 radical (unpaired) electrons. The number of hydrogen-bond acceptors (Lipinski definition) is 2. The number of hydrogen-bond donors (Lipinski definition) is 2. The van der Waals surface area contributed by atoms with Crippen LogP contribution in [0.3, 0.4) is 0 Å². The van der Waals surface area contributed by atoms with Gasteiger partial charge in [-0.05, 0) is 12.8 Å². The Kier molecular flexibility index (Phi) is 3.96. The molecule has 0 heterocycles. The molecule has 1 aromatic carbocycles. The highest BCUT2D eigenvalue weighted by Crippen LogP contribution is 2.33. The maximum Gasteiger partial charge on any atom is 0.307 e. The van der Waals surface area contributed by atoms with Gasteiger partial charge in [0.15, 0.2) is 11.6 Å². The molecule has 0 aliphatic heterocycles. The summed E-state index contributed by atoms with van der Waals surface area (Å²) in [4.78, 5) is 22.9. The predicted molar refractivity (Wildman–Crippen MR) is 63.4 cm³/mol. The number of halogens is 3. The molecule has 0 aromatic heterocycles. The van der Waals surface area contributed by atoms with Gasteiger partial charge in [0.1, 0.15) is 5.82 Å². The first-order chi connectivity index (χ1) is 9.40. The van der Waals surface area contributed by atoms with Crippen molar-refractivity contribution in [1.29, 1.82) is 0 Å². The van der Waals surface area contributed by atoms with E-state index in [0.717, 1.165) is 0 Å². The Morgan fingerprint density at radius 1 is 1.05 bits per heavy atom. The van der Waals surface area contributed by atoms with Crippen molar-refractivity contribution in [3.63, 3.8) is 0 Å². The molecule has 0 saturated heterocycles. The number of carboxylic acids is 1. The lowest BCUT2D eigenvalue weighted by Crippen LogP contribution is -2.30. The fourth-order valence-corrected chi connectivity index (χ4v) is 2.41. The maximum atomic E-state index is 13.4. The summed E-state index contributed by atoms with van der Waals surface area (Å²) in [6.07, 6.45) is 1.32. The van der Waals surface area contributed by atoms with Crippen molar-refractivity contribution in [2.75, 3.05) is 5.32 Å². The lowest BCUT2D eigenvalue weighted by Gasteiger charge is -2.16. The van der Waals surface area contributed by atoms with Gasteiger partial charge in [0.2, 0.25) is 5.91 Å². The summed E-state index contributed by atoms with van der Waals surface area (Å²) in [7, 11) is 0. The van der Waals surface area contributed by atoms with Gasteiger partial charge >= 0.3 is 5.97 Å². The number of aliphatic carboxylic acids is 1. The minimum atomic E-state index is -1.36. The normalized spacial score (nSPS) is 21.8. The first-order valence-electron chi connectivity index (χ1n) is 6.08. The van der Waals surface area contributed by atoms with E-state index in [2.05, 4.69) is 5.32 Å². The molecule has 108 valence electrons. The van der Waals surface area contributed by atoms with E-state index < -0.39 is 46.9 Å². The number of amides is 1. The molecule has 7 heteroatoms. The third-order valence-electron chi connectivity index (χ3n) is 3.44. The van der Waals surface area contributed by atoms with Gasteiger partial charge in [0, 0.05) is 12.1 Å². The van der Waals surface area contributed by atoms with Crippen LogP contribution in [0.15, 0.2) is 12.1 Å². The molecule has 2 rings (SSSR count). The number of carboxylic acid groups (broad SMARTS) is 1. The van der Waals surface area contributed by atoms with E-state index in [-0.39, 0.29) is 0 Å². The highest BCUT2D eigenvalue weighted by Gasteiger charge is 2.38. The minimum Gasteiger partial charge on any atom is -0.481 e. The van der Waals surface area contributed by atoms with Gasteiger partial charge in [-0.3, -0.25) is 9.59 Å². The van der Waals surface area contributed by atoms with Crippen LogP contribution in [-0.2, 0) is 9.59 Å². The summed E-state index contributed by atoms with van der Waals surface area (Å²) in [5.41, 5.74) is -0.495. The largest absolute Gasteiger partial charge is 0.481 e. The molecule has 0 bridgehead atoms. The van der Waals surface area contributed by atoms with Crippen molar-refractivity contribution >= 4 is 17.6 Å². The predicted octanol–water partition coefficient (Wildman–Crippen LogP) is 2.54. The summed E-state index contributed by atoms with van der Waals surface area (Å²) >= 11 is 0. The lowest BCUT2D eigenvalue weighted by atomic mass is 9.95. The quantitative estimate of drug-likeness (QED) is 0.840. The maximum absolute atomic E-state index is 13.4. The molecule has 1 saturated carbocycles. The first kappa shape index (κ1) is 14.4. The molecule has 0 unspecified atom stereocenters. The number of carbonyl (C=O) groups is 2. The third-order valence-corrected chi connectivity index (χ3v) is 3.44. The van der Waals surface area contributed by atoms with E-state index in [1.165, 1.54) is 0 Å². The molecule has 2 N–H and O–H groups in total. The van der Waals surface area contributed by atoms with Crippen LogP contribution in [0.5, 0.6) is 0 Å². The van der Waals surface area contributed by atoms with Gasteiger partial charge in [0.25, 0.3) is 0 Å². The van der Waals surface area contributed by atoms with Crippen LogP contribution in [0.25, 0.3) is 0 Å². The molecule has 0 spiro atoms. The van der Waals surface area contributed by atoms with E-state index in [1.807, 2.05) is 0 Å². The van der Waals surface area contributed by atoms with Crippen molar-refractivity contribution in [3.05, 3.63) is 29.6 Å². The van der Waals surface area contributed by atoms with Crippen molar-refractivity contribution in [1.82, 2.24) is 0 Å². The molecule has 1 aliphatic rings. The van der Waals surface area contributed by atoms with Crippen molar-refractivity contribution < 1.29 is 27.9 Å². The minimum absolute atomic E-state index is 0.328. The summed E-state index contributed by atoms with van der Waals surface area (Å²) < 4.78 is 39.2. The zero-order valence-corrected chi connectivity index (χ0v) is 10.3.